The van der Waals surface area contributed by atoms with E-state index < -0.39 is 0 Å². The van der Waals surface area contributed by atoms with Crippen LogP contribution in [0.4, 0.5) is 5.69 Å². The van der Waals surface area contributed by atoms with E-state index in [9.17, 15) is 0 Å². The molecule has 2 atom stereocenters. The van der Waals surface area contributed by atoms with Gasteiger partial charge in [0.15, 0.2) is 0 Å². The molecule has 1 aliphatic rings. The first-order valence-corrected chi connectivity index (χ1v) is 8.19. The van der Waals surface area contributed by atoms with Gasteiger partial charge < -0.3 is 10.1 Å². The van der Waals surface area contributed by atoms with Crippen LogP contribution in [0.2, 0.25) is 0 Å². The third-order valence-electron chi connectivity index (χ3n) is 3.96. The maximum Gasteiger partial charge on any atom is 0.0642 e. The van der Waals surface area contributed by atoms with Gasteiger partial charge >= 0.3 is 0 Å². The van der Waals surface area contributed by atoms with E-state index in [4.69, 9.17) is 4.74 Å². The molecule has 1 saturated carbocycles. The van der Waals surface area contributed by atoms with Crippen molar-refractivity contribution in [2.75, 3.05) is 18.5 Å². The lowest BCUT2D eigenvalue weighted by atomic mass is 9.85. The zero-order valence-corrected chi connectivity index (χ0v) is 13.3. The Hall–Kier alpha value is -0.540. The molecule has 0 aromatic heterocycles. The van der Waals surface area contributed by atoms with Gasteiger partial charge in [0.1, 0.15) is 0 Å². The summed E-state index contributed by atoms with van der Waals surface area (Å²) in [5.74, 6) is 0.884. The van der Waals surface area contributed by atoms with Crippen molar-refractivity contribution < 1.29 is 4.74 Å². The Morgan fingerprint density at radius 3 is 2.95 bits per heavy atom. The van der Waals surface area contributed by atoms with Crippen molar-refractivity contribution >= 4 is 21.6 Å². The van der Waals surface area contributed by atoms with Gasteiger partial charge in [-0.3, -0.25) is 0 Å². The summed E-state index contributed by atoms with van der Waals surface area (Å²) < 4.78 is 7.11. The van der Waals surface area contributed by atoms with Gasteiger partial charge in [-0.15, -0.1) is 0 Å². The number of benzene rings is 1. The maximum absolute atomic E-state index is 6.00. The average Bonchev–Trinajstić information content (AvgIpc) is 2.45. The molecule has 0 radical (unpaired) electrons. The smallest absolute Gasteiger partial charge is 0.0642 e. The fourth-order valence-corrected chi connectivity index (χ4v) is 3.20. The number of hydrogen-bond donors (Lipinski definition) is 1. The largest absolute Gasteiger partial charge is 0.382 e. The normalized spacial score (nSPS) is 23.3. The minimum absolute atomic E-state index is 0.486. The van der Waals surface area contributed by atoms with Crippen molar-refractivity contribution in [2.24, 2.45) is 5.92 Å². The van der Waals surface area contributed by atoms with Crippen LogP contribution in [0, 0.1) is 5.92 Å². The lowest BCUT2D eigenvalue weighted by Gasteiger charge is -2.28. The van der Waals surface area contributed by atoms with Crippen LogP contribution in [0.15, 0.2) is 28.7 Å². The molecule has 0 aliphatic heterocycles. The third-order valence-corrected chi connectivity index (χ3v) is 4.65. The molecular formula is C16H24BrNO. The number of rotatable bonds is 6. The Labute approximate surface area is 125 Å². The van der Waals surface area contributed by atoms with Crippen LogP contribution in [0.3, 0.4) is 0 Å². The predicted molar refractivity (Wildman–Crippen MR) is 84.6 cm³/mol. The van der Waals surface area contributed by atoms with Gasteiger partial charge in [-0.2, -0.15) is 0 Å². The fourth-order valence-electron chi connectivity index (χ4n) is 2.78. The highest BCUT2D eigenvalue weighted by atomic mass is 79.9. The van der Waals surface area contributed by atoms with E-state index in [0.717, 1.165) is 29.2 Å². The number of hydrogen-bond acceptors (Lipinski definition) is 2. The molecule has 2 unspecified atom stereocenters. The minimum atomic E-state index is 0.486. The zero-order valence-electron chi connectivity index (χ0n) is 11.7. The molecule has 1 N–H and O–H groups in total. The molecule has 19 heavy (non-hydrogen) atoms. The van der Waals surface area contributed by atoms with Gasteiger partial charge in [0.05, 0.1) is 12.7 Å². The standard InChI is InChI=1S/C16H24BrNO/c1-2-13-6-5-7-14(12-13)19-11-10-18-16-9-4-3-8-15(16)17/h3-4,8-9,13-14,18H,2,5-7,10-12H2,1H3. The summed E-state index contributed by atoms with van der Waals surface area (Å²) in [6, 6.07) is 8.20. The van der Waals surface area contributed by atoms with Crippen molar-refractivity contribution in [1.29, 1.82) is 0 Å². The fraction of sp³-hybridized carbons (Fsp3) is 0.625. The van der Waals surface area contributed by atoms with Crippen LogP contribution >= 0.6 is 15.9 Å². The molecule has 1 fully saturated rings. The molecule has 1 aromatic rings. The number of anilines is 1. The zero-order chi connectivity index (χ0) is 13.5. The monoisotopic (exact) mass is 325 g/mol. The average molecular weight is 326 g/mol. The number of halogens is 1. The molecule has 0 amide bonds. The van der Waals surface area contributed by atoms with Gasteiger partial charge in [0, 0.05) is 16.7 Å². The summed E-state index contributed by atoms with van der Waals surface area (Å²) in [6.45, 7) is 3.96. The second-order valence-corrected chi connectivity index (χ2v) is 6.19. The van der Waals surface area contributed by atoms with Gasteiger partial charge in [0.25, 0.3) is 0 Å². The van der Waals surface area contributed by atoms with E-state index in [-0.39, 0.29) is 0 Å². The Kier molecular flexibility index (Phi) is 6.18. The Bertz CT molecular complexity index is 383. The SMILES string of the molecule is CCC1CCCC(OCCNc2ccccc2Br)C1. The van der Waals surface area contributed by atoms with Gasteiger partial charge in [0.2, 0.25) is 0 Å². The van der Waals surface area contributed by atoms with Crippen molar-refractivity contribution in [3.05, 3.63) is 28.7 Å². The highest BCUT2D eigenvalue weighted by molar-refractivity contribution is 9.10. The quantitative estimate of drug-likeness (QED) is 0.755. The summed E-state index contributed by atoms with van der Waals surface area (Å²) in [7, 11) is 0. The second kappa shape index (κ2) is 7.91. The van der Waals surface area contributed by atoms with Crippen LogP contribution in [-0.2, 0) is 4.74 Å². The summed E-state index contributed by atoms with van der Waals surface area (Å²) in [5.41, 5.74) is 1.14. The molecular weight excluding hydrogens is 302 g/mol. The predicted octanol–water partition coefficient (Wildman–Crippen LogP) is 4.85. The van der Waals surface area contributed by atoms with E-state index >= 15 is 0 Å². The van der Waals surface area contributed by atoms with E-state index in [1.165, 1.54) is 32.1 Å². The van der Waals surface area contributed by atoms with E-state index in [1.54, 1.807) is 0 Å². The first kappa shape index (κ1) is 14.9. The van der Waals surface area contributed by atoms with Crippen LogP contribution in [-0.4, -0.2) is 19.3 Å². The molecule has 0 saturated heterocycles. The van der Waals surface area contributed by atoms with Gasteiger partial charge in [-0.25, -0.2) is 0 Å². The summed E-state index contributed by atoms with van der Waals surface area (Å²) in [4.78, 5) is 0. The lowest BCUT2D eigenvalue weighted by molar-refractivity contribution is 0.0181. The van der Waals surface area contributed by atoms with E-state index in [1.807, 2.05) is 12.1 Å². The Balaban J connectivity index is 1.65. The topological polar surface area (TPSA) is 21.3 Å². The third kappa shape index (κ3) is 4.81. The van der Waals surface area contributed by atoms with Crippen molar-refractivity contribution in [2.45, 2.75) is 45.1 Å². The molecule has 0 spiro atoms. The first-order chi connectivity index (χ1) is 9.29. The molecule has 106 valence electrons. The molecule has 1 aromatic carbocycles. The van der Waals surface area contributed by atoms with Crippen molar-refractivity contribution in [1.82, 2.24) is 0 Å². The maximum atomic E-state index is 6.00. The Morgan fingerprint density at radius 1 is 1.32 bits per heavy atom. The van der Waals surface area contributed by atoms with Crippen molar-refractivity contribution in [3.63, 3.8) is 0 Å². The highest BCUT2D eigenvalue weighted by Crippen LogP contribution is 2.28. The van der Waals surface area contributed by atoms with Crippen LogP contribution in [0.1, 0.15) is 39.0 Å². The first-order valence-electron chi connectivity index (χ1n) is 7.39. The van der Waals surface area contributed by atoms with Gasteiger partial charge in [-0.1, -0.05) is 38.3 Å². The summed E-state index contributed by atoms with van der Waals surface area (Å²) in [5, 5.41) is 3.41. The Morgan fingerprint density at radius 2 is 2.16 bits per heavy atom. The molecule has 1 aliphatic carbocycles. The van der Waals surface area contributed by atoms with Gasteiger partial charge in [-0.05, 0) is 46.8 Å². The molecule has 0 heterocycles. The molecule has 2 nitrogen and oxygen atoms in total. The van der Waals surface area contributed by atoms with Crippen LogP contribution in [0.5, 0.6) is 0 Å². The second-order valence-electron chi connectivity index (χ2n) is 5.34. The van der Waals surface area contributed by atoms with E-state index in [0.29, 0.717) is 6.10 Å². The minimum Gasteiger partial charge on any atom is -0.382 e. The molecule has 3 heteroatoms. The van der Waals surface area contributed by atoms with Crippen molar-refractivity contribution in [3.8, 4) is 0 Å². The molecule has 2 rings (SSSR count). The van der Waals surface area contributed by atoms with E-state index in [2.05, 4.69) is 40.3 Å². The number of para-hydroxylation sites is 1. The number of ether oxygens (including phenoxy) is 1. The van der Waals surface area contributed by atoms with Crippen LogP contribution < -0.4 is 5.32 Å². The highest BCUT2D eigenvalue weighted by Gasteiger charge is 2.20. The molecule has 0 bridgehead atoms. The lowest BCUT2D eigenvalue weighted by Crippen LogP contribution is -2.24. The summed E-state index contributed by atoms with van der Waals surface area (Å²) >= 11 is 3.54. The summed E-state index contributed by atoms with van der Waals surface area (Å²) in [6.07, 6.45) is 7.01. The number of nitrogens with one attached hydrogen (secondary N) is 1. The van der Waals surface area contributed by atoms with Crippen LogP contribution in [0.25, 0.3) is 0 Å².